The minimum Gasteiger partial charge on any atom is -0.356 e. The van der Waals surface area contributed by atoms with Crippen molar-refractivity contribution >= 4 is 18.3 Å². The van der Waals surface area contributed by atoms with Gasteiger partial charge in [-0.1, -0.05) is 26.7 Å². The number of nitrogens with one attached hydrogen (secondary N) is 2. The topological polar surface area (TPSA) is 41.1 Å². The number of piperidine rings is 1. The second-order valence-electron chi connectivity index (χ2n) is 7.15. The van der Waals surface area contributed by atoms with Crippen molar-refractivity contribution in [3.63, 3.8) is 0 Å². The van der Waals surface area contributed by atoms with E-state index in [1.807, 2.05) is 0 Å². The highest BCUT2D eigenvalue weighted by molar-refractivity contribution is 5.85. The molecule has 21 heavy (non-hydrogen) atoms. The van der Waals surface area contributed by atoms with E-state index in [1.165, 1.54) is 44.9 Å². The normalized spacial score (nSPS) is 22.8. The lowest BCUT2D eigenvalue weighted by atomic mass is 9.66. The van der Waals surface area contributed by atoms with E-state index < -0.39 is 0 Å². The van der Waals surface area contributed by atoms with Crippen molar-refractivity contribution in [3.8, 4) is 0 Å². The molecule has 2 rings (SSSR count). The number of rotatable bonds is 7. The van der Waals surface area contributed by atoms with Gasteiger partial charge in [-0.05, 0) is 62.4 Å². The predicted molar refractivity (Wildman–Crippen MR) is 90.8 cm³/mol. The smallest absolute Gasteiger partial charge is 0.220 e. The molecule has 0 spiro atoms. The largest absolute Gasteiger partial charge is 0.356 e. The molecule has 0 aromatic heterocycles. The summed E-state index contributed by atoms with van der Waals surface area (Å²) in [7, 11) is 0. The molecule has 1 aliphatic heterocycles. The zero-order valence-electron chi connectivity index (χ0n) is 13.7. The summed E-state index contributed by atoms with van der Waals surface area (Å²) in [5.41, 5.74) is 0.447. The Labute approximate surface area is 136 Å². The van der Waals surface area contributed by atoms with Gasteiger partial charge in [0.1, 0.15) is 0 Å². The number of carbonyl (C=O) groups is 1. The zero-order valence-corrected chi connectivity index (χ0v) is 14.6. The minimum absolute atomic E-state index is 0. The highest BCUT2D eigenvalue weighted by Crippen LogP contribution is 2.44. The van der Waals surface area contributed by atoms with E-state index in [9.17, 15) is 4.79 Å². The molecule has 124 valence electrons. The highest BCUT2D eigenvalue weighted by Gasteiger charge is 2.36. The Morgan fingerprint density at radius 2 is 2.00 bits per heavy atom. The summed E-state index contributed by atoms with van der Waals surface area (Å²) in [6.07, 6.45) is 9.66. The summed E-state index contributed by atoms with van der Waals surface area (Å²) in [6, 6.07) is 0. The number of hydrogen-bond acceptors (Lipinski definition) is 2. The van der Waals surface area contributed by atoms with Gasteiger partial charge in [-0.25, -0.2) is 0 Å². The van der Waals surface area contributed by atoms with Crippen LogP contribution in [0.5, 0.6) is 0 Å². The first kappa shape index (κ1) is 18.8. The van der Waals surface area contributed by atoms with Gasteiger partial charge in [0.15, 0.2) is 0 Å². The van der Waals surface area contributed by atoms with Crippen LogP contribution in [0.2, 0.25) is 0 Å². The van der Waals surface area contributed by atoms with E-state index >= 15 is 0 Å². The molecule has 1 saturated carbocycles. The van der Waals surface area contributed by atoms with E-state index in [0.29, 0.717) is 17.8 Å². The van der Waals surface area contributed by atoms with Crippen LogP contribution in [0.3, 0.4) is 0 Å². The lowest BCUT2D eigenvalue weighted by Gasteiger charge is -2.42. The SMILES string of the molecule is CCCC1(CNC(=O)CC(C)C2CCNCC2)CCC1.Cl. The molecule has 2 fully saturated rings. The van der Waals surface area contributed by atoms with E-state index in [4.69, 9.17) is 0 Å². The molecule has 2 aliphatic rings. The summed E-state index contributed by atoms with van der Waals surface area (Å²) < 4.78 is 0. The van der Waals surface area contributed by atoms with Crippen molar-refractivity contribution in [3.05, 3.63) is 0 Å². The van der Waals surface area contributed by atoms with Gasteiger partial charge in [-0.2, -0.15) is 0 Å². The number of hydrogen-bond donors (Lipinski definition) is 2. The average Bonchev–Trinajstić information content (AvgIpc) is 2.42. The number of halogens is 1. The Balaban J connectivity index is 0.00000220. The Morgan fingerprint density at radius 1 is 1.33 bits per heavy atom. The Morgan fingerprint density at radius 3 is 2.52 bits per heavy atom. The van der Waals surface area contributed by atoms with Crippen LogP contribution < -0.4 is 10.6 Å². The molecule has 0 aromatic carbocycles. The standard InChI is InChI=1S/C17H32N2O.ClH/c1-3-7-17(8-4-9-17)13-19-16(20)12-14(2)15-5-10-18-11-6-15;/h14-15,18H,3-13H2,1-2H3,(H,19,20);1H. The van der Waals surface area contributed by atoms with Gasteiger partial charge in [0.2, 0.25) is 5.91 Å². The van der Waals surface area contributed by atoms with Crippen molar-refractivity contribution in [2.24, 2.45) is 17.3 Å². The molecule has 1 unspecified atom stereocenters. The lowest BCUT2D eigenvalue weighted by Crippen LogP contribution is -2.42. The molecule has 2 N–H and O–H groups in total. The highest BCUT2D eigenvalue weighted by atomic mass is 35.5. The molecule has 1 atom stereocenters. The van der Waals surface area contributed by atoms with Gasteiger partial charge in [-0.15, -0.1) is 12.4 Å². The molecule has 1 amide bonds. The molecule has 3 nitrogen and oxygen atoms in total. The first-order valence-corrected chi connectivity index (χ1v) is 8.63. The Kier molecular flexibility index (Phi) is 8.04. The van der Waals surface area contributed by atoms with Crippen molar-refractivity contribution in [2.45, 2.75) is 65.2 Å². The van der Waals surface area contributed by atoms with Gasteiger partial charge in [-0.3, -0.25) is 4.79 Å². The first-order valence-electron chi connectivity index (χ1n) is 8.63. The van der Waals surface area contributed by atoms with Crippen molar-refractivity contribution in [1.29, 1.82) is 0 Å². The lowest BCUT2D eigenvalue weighted by molar-refractivity contribution is -0.123. The maximum atomic E-state index is 12.2. The van der Waals surface area contributed by atoms with Gasteiger partial charge < -0.3 is 10.6 Å². The summed E-state index contributed by atoms with van der Waals surface area (Å²) in [4.78, 5) is 12.2. The first-order chi connectivity index (χ1) is 9.65. The van der Waals surface area contributed by atoms with E-state index in [1.54, 1.807) is 0 Å². The molecule has 1 saturated heterocycles. The summed E-state index contributed by atoms with van der Waals surface area (Å²) >= 11 is 0. The summed E-state index contributed by atoms with van der Waals surface area (Å²) in [5.74, 6) is 1.54. The molecule has 0 bridgehead atoms. The summed E-state index contributed by atoms with van der Waals surface area (Å²) in [6.45, 7) is 7.66. The Hall–Kier alpha value is -0.280. The van der Waals surface area contributed by atoms with Crippen LogP contribution in [0.4, 0.5) is 0 Å². The third-order valence-electron chi connectivity index (χ3n) is 5.55. The second-order valence-corrected chi connectivity index (χ2v) is 7.15. The second kappa shape index (κ2) is 8.99. The van der Waals surface area contributed by atoms with Gasteiger partial charge in [0.05, 0.1) is 0 Å². The van der Waals surface area contributed by atoms with Crippen molar-refractivity contribution in [1.82, 2.24) is 10.6 Å². The minimum atomic E-state index is 0. The van der Waals surface area contributed by atoms with Crippen LogP contribution in [0.15, 0.2) is 0 Å². The monoisotopic (exact) mass is 316 g/mol. The predicted octanol–water partition coefficient (Wildman–Crippen LogP) is 3.52. The average molecular weight is 317 g/mol. The van der Waals surface area contributed by atoms with Crippen LogP contribution in [-0.2, 0) is 4.79 Å². The van der Waals surface area contributed by atoms with Crippen molar-refractivity contribution in [2.75, 3.05) is 19.6 Å². The van der Waals surface area contributed by atoms with Crippen LogP contribution >= 0.6 is 12.4 Å². The van der Waals surface area contributed by atoms with Crippen LogP contribution in [-0.4, -0.2) is 25.5 Å². The van der Waals surface area contributed by atoms with Gasteiger partial charge >= 0.3 is 0 Å². The molecule has 4 heteroatoms. The Bertz CT molecular complexity index is 312. The van der Waals surface area contributed by atoms with Crippen LogP contribution in [0.25, 0.3) is 0 Å². The maximum absolute atomic E-state index is 12.2. The molecular formula is C17H33ClN2O. The molecular weight excluding hydrogens is 284 g/mol. The zero-order chi connectivity index (χ0) is 14.4. The fourth-order valence-corrected chi connectivity index (χ4v) is 3.95. The molecule has 0 radical (unpaired) electrons. The van der Waals surface area contributed by atoms with Crippen LogP contribution in [0, 0.1) is 17.3 Å². The summed E-state index contributed by atoms with van der Waals surface area (Å²) in [5, 5.41) is 6.62. The molecule has 1 aliphatic carbocycles. The van der Waals surface area contributed by atoms with Gasteiger partial charge in [0.25, 0.3) is 0 Å². The van der Waals surface area contributed by atoms with E-state index in [2.05, 4.69) is 24.5 Å². The quantitative estimate of drug-likeness (QED) is 0.754. The van der Waals surface area contributed by atoms with Crippen LogP contribution in [0.1, 0.15) is 65.2 Å². The molecule has 1 heterocycles. The fourth-order valence-electron chi connectivity index (χ4n) is 3.95. The third-order valence-corrected chi connectivity index (χ3v) is 5.55. The van der Waals surface area contributed by atoms with Gasteiger partial charge in [0, 0.05) is 13.0 Å². The van der Waals surface area contributed by atoms with E-state index in [-0.39, 0.29) is 18.3 Å². The molecule has 0 aromatic rings. The fraction of sp³-hybridized carbons (Fsp3) is 0.941. The van der Waals surface area contributed by atoms with E-state index in [0.717, 1.165) is 25.6 Å². The third kappa shape index (κ3) is 5.45. The number of amides is 1. The maximum Gasteiger partial charge on any atom is 0.220 e. The number of carbonyl (C=O) groups excluding carboxylic acids is 1. The van der Waals surface area contributed by atoms with Crippen molar-refractivity contribution < 1.29 is 4.79 Å².